The summed E-state index contributed by atoms with van der Waals surface area (Å²) in [5.74, 6) is -0.214. The molecule has 0 saturated carbocycles. The van der Waals surface area contributed by atoms with Gasteiger partial charge in [0.15, 0.2) is 0 Å². The lowest BCUT2D eigenvalue weighted by Crippen LogP contribution is -2.32. The van der Waals surface area contributed by atoms with Crippen LogP contribution in [0.2, 0.25) is 0 Å². The third-order valence-electron chi connectivity index (χ3n) is 4.28. The first-order valence-electron chi connectivity index (χ1n) is 8.82. The lowest BCUT2D eigenvalue weighted by Gasteiger charge is -2.16. The highest BCUT2D eigenvalue weighted by molar-refractivity contribution is 6.02. The van der Waals surface area contributed by atoms with Gasteiger partial charge in [-0.3, -0.25) is 4.79 Å². The van der Waals surface area contributed by atoms with Gasteiger partial charge in [0.25, 0.3) is 0 Å². The van der Waals surface area contributed by atoms with E-state index in [-0.39, 0.29) is 11.9 Å². The van der Waals surface area contributed by atoms with Crippen LogP contribution in [-0.2, 0) is 4.79 Å². The Labute approximate surface area is 153 Å². The Morgan fingerprint density at radius 1 is 0.962 bits per heavy atom. The quantitative estimate of drug-likeness (QED) is 0.810. The second-order valence-electron chi connectivity index (χ2n) is 6.44. The Hall–Kier alpha value is -3.08. The van der Waals surface area contributed by atoms with Crippen molar-refractivity contribution in [3.05, 3.63) is 65.7 Å². The van der Waals surface area contributed by atoms with Crippen LogP contribution < -0.4 is 10.6 Å². The maximum atomic E-state index is 12.1. The number of hydrogen-bond acceptors (Lipinski definition) is 2. The number of urea groups is 1. The average molecular weight is 349 g/mol. The molecule has 0 radical (unpaired) electrons. The third-order valence-corrected chi connectivity index (χ3v) is 4.28. The predicted molar refractivity (Wildman–Crippen MR) is 105 cm³/mol. The predicted octanol–water partition coefficient (Wildman–Crippen LogP) is 4.27. The van der Waals surface area contributed by atoms with Gasteiger partial charge in [0.05, 0.1) is 0 Å². The monoisotopic (exact) mass is 349 g/mol. The molecule has 0 aliphatic carbocycles. The zero-order valence-corrected chi connectivity index (χ0v) is 14.9. The first kappa shape index (κ1) is 17.7. The van der Waals surface area contributed by atoms with Crippen LogP contribution in [0.3, 0.4) is 0 Å². The summed E-state index contributed by atoms with van der Waals surface area (Å²) in [6, 6.07) is 15.0. The smallest absolute Gasteiger partial charge is 0.321 e. The standard InChI is InChI=1S/C21H23N3O2/c1-16-7-9-17(10-8-16)11-12-20(25)22-18-5-4-6-19(15-18)23-21(26)24-13-2-3-14-24/h4-12,15H,2-3,13-14H2,1H3,(H,22,25)(H,23,26)/b12-11+. The number of hydrogen-bond donors (Lipinski definition) is 2. The number of likely N-dealkylation sites (tertiary alicyclic amines) is 1. The first-order valence-corrected chi connectivity index (χ1v) is 8.82. The number of carbonyl (C=O) groups is 2. The van der Waals surface area contributed by atoms with Crippen LogP contribution in [0.15, 0.2) is 54.6 Å². The van der Waals surface area contributed by atoms with E-state index in [4.69, 9.17) is 0 Å². The first-order chi connectivity index (χ1) is 12.6. The van der Waals surface area contributed by atoms with Gasteiger partial charge in [-0.05, 0) is 49.6 Å². The molecule has 0 unspecified atom stereocenters. The van der Waals surface area contributed by atoms with Gasteiger partial charge in [0.2, 0.25) is 5.91 Å². The molecule has 2 N–H and O–H groups in total. The van der Waals surface area contributed by atoms with Gasteiger partial charge in [0.1, 0.15) is 0 Å². The Bertz CT molecular complexity index is 806. The summed E-state index contributed by atoms with van der Waals surface area (Å²) in [6.45, 7) is 3.62. The molecule has 26 heavy (non-hydrogen) atoms. The molecule has 1 saturated heterocycles. The number of aryl methyl sites for hydroxylation is 1. The van der Waals surface area contributed by atoms with Crippen molar-refractivity contribution in [2.45, 2.75) is 19.8 Å². The van der Waals surface area contributed by atoms with E-state index < -0.39 is 0 Å². The number of amides is 3. The topological polar surface area (TPSA) is 61.4 Å². The molecule has 3 amide bonds. The summed E-state index contributed by atoms with van der Waals surface area (Å²) in [4.78, 5) is 26.1. The van der Waals surface area contributed by atoms with Gasteiger partial charge in [-0.2, -0.15) is 0 Å². The van der Waals surface area contributed by atoms with E-state index in [9.17, 15) is 9.59 Å². The SMILES string of the molecule is Cc1ccc(/C=C/C(=O)Nc2cccc(NC(=O)N3CCCC3)c2)cc1. The van der Waals surface area contributed by atoms with Crippen LogP contribution in [0.4, 0.5) is 16.2 Å². The Morgan fingerprint density at radius 3 is 2.31 bits per heavy atom. The molecular weight excluding hydrogens is 326 g/mol. The number of nitrogens with zero attached hydrogens (tertiary/aromatic N) is 1. The van der Waals surface area contributed by atoms with Crippen molar-refractivity contribution in [1.29, 1.82) is 0 Å². The molecule has 134 valence electrons. The van der Waals surface area contributed by atoms with Gasteiger partial charge < -0.3 is 15.5 Å². The van der Waals surface area contributed by atoms with E-state index >= 15 is 0 Å². The zero-order valence-electron chi connectivity index (χ0n) is 14.9. The minimum Gasteiger partial charge on any atom is -0.325 e. The molecule has 5 nitrogen and oxygen atoms in total. The fourth-order valence-electron chi connectivity index (χ4n) is 2.83. The Balaban J connectivity index is 1.58. The molecule has 0 bridgehead atoms. The summed E-state index contributed by atoms with van der Waals surface area (Å²) in [5.41, 5.74) is 3.46. The summed E-state index contributed by atoms with van der Waals surface area (Å²) in [6.07, 6.45) is 5.38. The normalized spacial score (nSPS) is 13.8. The highest BCUT2D eigenvalue weighted by Gasteiger charge is 2.17. The summed E-state index contributed by atoms with van der Waals surface area (Å²) in [7, 11) is 0. The van der Waals surface area contributed by atoms with E-state index in [1.807, 2.05) is 37.3 Å². The molecule has 5 heteroatoms. The minimum absolute atomic E-state index is 0.0924. The fraction of sp³-hybridized carbons (Fsp3) is 0.238. The van der Waals surface area contributed by atoms with Crippen molar-refractivity contribution in [3.8, 4) is 0 Å². The lowest BCUT2D eigenvalue weighted by molar-refractivity contribution is -0.111. The molecule has 1 fully saturated rings. The molecule has 2 aromatic carbocycles. The van der Waals surface area contributed by atoms with E-state index in [0.717, 1.165) is 31.5 Å². The van der Waals surface area contributed by atoms with Gasteiger partial charge in [-0.1, -0.05) is 35.9 Å². The van der Waals surface area contributed by atoms with E-state index in [1.165, 1.54) is 11.6 Å². The van der Waals surface area contributed by atoms with Gasteiger partial charge in [0, 0.05) is 30.5 Å². The van der Waals surface area contributed by atoms with Crippen molar-refractivity contribution < 1.29 is 9.59 Å². The Kier molecular flexibility index (Phi) is 5.69. The second kappa shape index (κ2) is 8.34. The van der Waals surface area contributed by atoms with Crippen LogP contribution >= 0.6 is 0 Å². The van der Waals surface area contributed by atoms with Crippen LogP contribution in [-0.4, -0.2) is 29.9 Å². The van der Waals surface area contributed by atoms with Crippen molar-refractivity contribution in [1.82, 2.24) is 4.90 Å². The molecule has 2 aromatic rings. The maximum absolute atomic E-state index is 12.1. The average Bonchev–Trinajstić information content (AvgIpc) is 3.16. The van der Waals surface area contributed by atoms with Crippen molar-refractivity contribution >= 4 is 29.4 Å². The maximum Gasteiger partial charge on any atom is 0.321 e. The van der Waals surface area contributed by atoms with Crippen molar-refractivity contribution in [2.75, 3.05) is 23.7 Å². The number of anilines is 2. The van der Waals surface area contributed by atoms with E-state index in [2.05, 4.69) is 10.6 Å². The number of rotatable bonds is 4. The largest absolute Gasteiger partial charge is 0.325 e. The lowest BCUT2D eigenvalue weighted by atomic mass is 10.1. The Morgan fingerprint density at radius 2 is 1.62 bits per heavy atom. The number of benzene rings is 2. The fourth-order valence-corrected chi connectivity index (χ4v) is 2.83. The van der Waals surface area contributed by atoms with Gasteiger partial charge in [-0.25, -0.2) is 4.79 Å². The van der Waals surface area contributed by atoms with Crippen molar-refractivity contribution in [2.24, 2.45) is 0 Å². The minimum atomic E-state index is -0.214. The number of carbonyl (C=O) groups excluding carboxylic acids is 2. The van der Waals surface area contributed by atoms with Crippen LogP contribution in [0.5, 0.6) is 0 Å². The van der Waals surface area contributed by atoms with Gasteiger partial charge in [-0.15, -0.1) is 0 Å². The van der Waals surface area contributed by atoms with Crippen LogP contribution in [0.1, 0.15) is 24.0 Å². The molecule has 1 heterocycles. The van der Waals surface area contributed by atoms with Crippen LogP contribution in [0.25, 0.3) is 6.08 Å². The highest BCUT2D eigenvalue weighted by Crippen LogP contribution is 2.17. The molecule has 0 aromatic heterocycles. The third kappa shape index (κ3) is 4.96. The van der Waals surface area contributed by atoms with E-state index in [1.54, 1.807) is 29.2 Å². The molecule has 0 spiro atoms. The molecular formula is C21H23N3O2. The van der Waals surface area contributed by atoms with Crippen LogP contribution in [0, 0.1) is 6.92 Å². The van der Waals surface area contributed by atoms with Crippen molar-refractivity contribution in [3.63, 3.8) is 0 Å². The highest BCUT2D eigenvalue weighted by atomic mass is 16.2. The second-order valence-corrected chi connectivity index (χ2v) is 6.44. The molecule has 3 rings (SSSR count). The molecule has 1 aliphatic rings. The summed E-state index contributed by atoms with van der Waals surface area (Å²) < 4.78 is 0. The summed E-state index contributed by atoms with van der Waals surface area (Å²) in [5, 5.41) is 5.69. The van der Waals surface area contributed by atoms with E-state index in [0.29, 0.717) is 11.4 Å². The summed E-state index contributed by atoms with van der Waals surface area (Å²) >= 11 is 0. The van der Waals surface area contributed by atoms with Gasteiger partial charge >= 0.3 is 6.03 Å². The molecule has 0 atom stereocenters. The molecule has 1 aliphatic heterocycles. The zero-order chi connectivity index (χ0) is 18.4. The number of nitrogens with one attached hydrogen (secondary N) is 2.